The molecular formula is C11H18O2. The van der Waals surface area contributed by atoms with Crippen molar-refractivity contribution in [3.8, 4) is 0 Å². The first-order valence-corrected chi connectivity index (χ1v) is 4.90. The minimum atomic E-state index is -0.655. The summed E-state index contributed by atoms with van der Waals surface area (Å²) in [6.07, 6.45) is 3.09. The van der Waals surface area contributed by atoms with Crippen LogP contribution in [0.25, 0.3) is 0 Å². The van der Waals surface area contributed by atoms with Crippen molar-refractivity contribution in [2.45, 2.75) is 40.0 Å². The Hall–Kier alpha value is -0.790. The van der Waals surface area contributed by atoms with Gasteiger partial charge in [0, 0.05) is 0 Å². The largest absolute Gasteiger partial charge is 0.481 e. The molecule has 1 aliphatic rings. The van der Waals surface area contributed by atoms with Crippen LogP contribution in [0.5, 0.6) is 0 Å². The van der Waals surface area contributed by atoms with E-state index in [0.717, 1.165) is 19.3 Å². The smallest absolute Gasteiger partial charge is 0.306 e. The predicted octanol–water partition coefficient (Wildman–Crippen LogP) is 2.84. The normalized spacial score (nSPS) is 25.9. The van der Waals surface area contributed by atoms with E-state index in [-0.39, 0.29) is 5.92 Å². The van der Waals surface area contributed by atoms with Gasteiger partial charge < -0.3 is 5.11 Å². The highest BCUT2D eigenvalue weighted by atomic mass is 16.4. The summed E-state index contributed by atoms with van der Waals surface area (Å²) in [6.45, 7) is 6.09. The van der Waals surface area contributed by atoms with Crippen molar-refractivity contribution in [1.82, 2.24) is 0 Å². The van der Waals surface area contributed by atoms with E-state index in [9.17, 15) is 4.79 Å². The zero-order valence-corrected chi connectivity index (χ0v) is 8.63. The number of allylic oxidation sites excluding steroid dienone is 2. The van der Waals surface area contributed by atoms with Gasteiger partial charge in [0.25, 0.3) is 0 Å². The number of hydrogen-bond acceptors (Lipinski definition) is 1. The van der Waals surface area contributed by atoms with E-state index < -0.39 is 5.97 Å². The number of carboxylic acid groups (broad SMARTS) is 1. The summed E-state index contributed by atoms with van der Waals surface area (Å²) < 4.78 is 0. The zero-order valence-electron chi connectivity index (χ0n) is 8.63. The van der Waals surface area contributed by atoms with Gasteiger partial charge in [-0.05, 0) is 39.0 Å². The predicted molar refractivity (Wildman–Crippen MR) is 52.5 cm³/mol. The molecule has 1 N–H and O–H groups in total. The lowest BCUT2D eigenvalue weighted by atomic mass is 9.78. The first kappa shape index (κ1) is 10.3. The summed E-state index contributed by atoms with van der Waals surface area (Å²) in [6, 6.07) is 0. The standard InChI is InChI=1S/C11H18O2/c1-7-4-5-10(6-8(7)2)9(3)11(12)13/h9-10H,4-6H2,1-3H3,(H,12,13)/t9-,10+/m1/s1. The summed E-state index contributed by atoms with van der Waals surface area (Å²) >= 11 is 0. The average Bonchev–Trinajstić information content (AvgIpc) is 2.08. The van der Waals surface area contributed by atoms with Gasteiger partial charge in [-0.3, -0.25) is 4.79 Å². The van der Waals surface area contributed by atoms with Gasteiger partial charge in [-0.2, -0.15) is 0 Å². The molecule has 0 heterocycles. The van der Waals surface area contributed by atoms with E-state index in [0.29, 0.717) is 5.92 Å². The van der Waals surface area contributed by atoms with E-state index in [2.05, 4.69) is 13.8 Å². The lowest BCUT2D eigenvalue weighted by Gasteiger charge is -2.26. The van der Waals surface area contributed by atoms with Gasteiger partial charge in [0.15, 0.2) is 0 Å². The molecule has 0 unspecified atom stereocenters. The number of carbonyl (C=O) groups is 1. The maximum atomic E-state index is 10.8. The summed E-state index contributed by atoms with van der Waals surface area (Å²) in [5.41, 5.74) is 2.85. The third-order valence-corrected chi connectivity index (χ3v) is 3.28. The van der Waals surface area contributed by atoms with E-state index in [1.54, 1.807) is 0 Å². The van der Waals surface area contributed by atoms with Crippen LogP contribution in [-0.2, 0) is 4.79 Å². The number of aliphatic carboxylic acids is 1. The summed E-state index contributed by atoms with van der Waals surface area (Å²) in [5.74, 6) is -0.499. The first-order valence-electron chi connectivity index (χ1n) is 4.90. The van der Waals surface area contributed by atoms with Gasteiger partial charge in [-0.25, -0.2) is 0 Å². The van der Waals surface area contributed by atoms with E-state index in [1.165, 1.54) is 11.1 Å². The van der Waals surface area contributed by atoms with Gasteiger partial charge >= 0.3 is 5.97 Å². The summed E-state index contributed by atoms with van der Waals surface area (Å²) in [7, 11) is 0. The molecule has 74 valence electrons. The maximum absolute atomic E-state index is 10.8. The Balaban J connectivity index is 2.63. The van der Waals surface area contributed by atoms with Crippen molar-refractivity contribution < 1.29 is 9.90 Å². The fraction of sp³-hybridized carbons (Fsp3) is 0.727. The molecule has 13 heavy (non-hydrogen) atoms. The minimum absolute atomic E-state index is 0.192. The van der Waals surface area contributed by atoms with Crippen LogP contribution in [0.2, 0.25) is 0 Å². The quantitative estimate of drug-likeness (QED) is 0.667. The lowest BCUT2D eigenvalue weighted by Crippen LogP contribution is -2.23. The monoisotopic (exact) mass is 182 g/mol. The number of rotatable bonds is 2. The Bertz CT molecular complexity index is 240. The highest BCUT2D eigenvalue weighted by molar-refractivity contribution is 5.69. The van der Waals surface area contributed by atoms with Gasteiger partial charge in [-0.15, -0.1) is 0 Å². The van der Waals surface area contributed by atoms with Crippen molar-refractivity contribution in [3.05, 3.63) is 11.1 Å². The van der Waals surface area contributed by atoms with Crippen LogP contribution in [0.3, 0.4) is 0 Å². The fourth-order valence-corrected chi connectivity index (χ4v) is 1.91. The van der Waals surface area contributed by atoms with E-state index >= 15 is 0 Å². The molecule has 0 spiro atoms. The number of hydrogen-bond donors (Lipinski definition) is 1. The highest BCUT2D eigenvalue weighted by Crippen LogP contribution is 2.33. The van der Waals surface area contributed by atoms with Crippen molar-refractivity contribution in [2.75, 3.05) is 0 Å². The Morgan fingerprint density at radius 3 is 2.54 bits per heavy atom. The second-order valence-corrected chi connectivity index (χ2v) is 4.19. The summed E-state index contributed by atoms with van der Waals surface area (Å²) in [4.78, 5) is 10.8. The Labute approximate surface area is 79.6 Å². The van der Waals surface area contributed by atoms with Crippen molar-refractivity contribution >= 4 is 5.97 Å². The molecule has 0 aromatic heterocycles. The van der Waals surface area contributed by atoms with Gasteiger partial charge in [0.05, 0.1) is 5.92 Å². The molecule has 0 aromatic carbocycles. The Morgan fingerprint density at radius 1 is 1.46 bits per heavy atom. The minimum Gasteiger partial charge on any atom is -0.481 e. The Morgan fingerprint density at radius 2 is 2.08 bits per heavy atom. The van der Waals surface area contributed by atoms with Crippen LogP contribution in [-0.4, -0.2) is 11.1 Å². The van der Waals surface area contributed by atoms with Crippen molar-refractivity contribution in [2.24, 2.45) is 11.8 Å². The van der Waals surface area contributed by atoms with Crippen LogP contribution in [0.1, 0.15) is 40.0 Å². The van der Waals surface area contributed by atoms with Crippen molar-refractivity contribution in [3.63, 3.8) is 0 Å². The molecule has 0 radical (unpaired) electrons. The molecule has 0 aliphatic heterocycles. The van der Waals surface area contributed by atoms with Crippen LogP contribution >= 0.6 is 0 Å². The zero-order chi connectivity index (χ0) is 10.0. The van der Waals surface area contributed by atoms with Gasteiger partial charge in [0.1, 0.15) is 0 Å². The third kappa shape index (κ3) is 2.33. The third-order valence-electron chi connectivity index (χ3n) is 3.28. The molecular weight excluding hydrogens is 164 g/mol. The van der Waals surface area contributed by atoms with Crippen LogP contribution in [0, 0.1) is 11.8 Å². The second kappa shape index (κ2) is 3.95. The lowest BCUT2D eigenvalue weighted by molar-refractivity contribution is -0.143. The molecule has 0 saturated carbocycles. The molecule has 1 aliphatic carbocycles. The molecule has 0 saturated heterocycles. The molecule has 2 heteroatoms. The molecule has 2 atom stereocenters. The molecule has 2 nitrogen and oxygen atoms in total. The van der Waals surface area contributed by atoms with Crippen LogP contribution in [0.15, 0.2) is 11.1 Å². The van der Waals surface area contributed by atoms with Crippen LogP contribution in [0.4, 0.5) is 0 Å². The molecule has 0 aromatic rings. The first-order chi connectivity index (χ1) is 6.02. The topological polar surface area (TPSA) is 37.3 Å². The van der Waals surface area contributed by atoms with E-state index in [4.69, 9.17) is 5.11 Å². The molecule has 0 amide bonds. The van der Waals surface area contributed by atoms with Gasteiger partial charge in [-0.1, -0.05) is 18.1 Å². The van der Waals surface area contributed by atoms with Gasteiger partial charge in [0.2, 0.25) is 0 Å². The van der Waals surface area contributed by atoms with E-state index in [1.807, 2.05) is 6.92 Å². The van der Waals surface area contributed by atoms with Crippen molar-refractivity contribution in [1.29, 1.82) is 0 Å². The summed E-state index contributed by atoms with van der Waals surface area (Å²) in [5, 5.41) is 8.87. The maximum Gasteiger partial charge on any atom is 0.306 e. The second-order valence-electron chi connectivity index (χ2n) is 4.19. The molecule has 0 fully saturated rings. The Kier molecular flexibility index (Phi) is 3.12. The fourth-order valence-electron chi connectivity index (χ4n) is 1.91. The number of carboxylic acids is 1. The van der Waals surface area contributed by atoms with Crippen LogP contribution < -0.4 is 0 Å². The molecule has 1 rings (SSSR count). The average molecular weight is 182 g/mol. The highest BCUT2D eigenvalue weighted by Gasteiger charge is 2.26. The SMILES string of the molecule is CC1=C(C)C[C@@H]([C@@H](C)C(=O)O)CC1. The molecule has 0 bridgehead atoms.